The van der Waals surface area contributed by atoms with Crippen molar-refractivity contribution < 1.29 is 9.50 Å². The zero-order chi connectivity index (χ0) is 18.8. The molecule has 0 spiro atoms. The number of aromatic nitrogens is 2. The lowest BCUT2D eigenvalue weighted by Gasteiger charge is -2.24. The van der Waals surface area contributed by atoms with Crippen molar-refractivity contribution >= 4 is 28.4 Å². The van der Waals surface area contributed by atoms with Crippen LogP contribution in [-0.2, 0) is 5.75 Å². The van der Waals surface area contributed by atoms with E-state index in [1.807, 2.05) is 0 Å². The van der Waals surface area contributed by atoms with Crippen molar-refractivity contribution in [3.63, 3.8) is 0 Å². The topological polar surface area (TPSA) is 78.0 Å². The molecule has 0 amide bonds. The SMILES string of the molecule is O=c1[nH]c(CSC2CCC(O)CC2)nc2cc(NC3CCCC3)c(F)cc12. The lowest BCUT2D eigenvalue weighted by Crippen LogP contribution is -2.20. The fourth-order valence-electron chi connectivity index (χ4n) is 4.09. The minimum absolute atomic E-state index is 0.166. The van der Waals surface area contributed by atoms with Gasteiger partial charge in [0.1, 0.15) is 11.6 Å². The number of halogens is 1. The number of benzene rings is 1. The fourth-order valence-corrected chi connectivity index (χ4v) is 5.22. The van der Waals surface area contributed by atoms with E-state index in [1.54, 1.807) is 17.8 Å². The molecular formula is C20H26FN3O2S. The van der Waals surface area contributed by atoms with Gasteiger partial charge in [0.05, 0.1) is 28.4 Å². The van der Waals surface area contributed by atoms with Gasteiger partial charge in [-0.3, -0.25) is 4.79 Å². The van der Waals surface area contributed by atoms with E-state index in [4.69, 9.17) is 0 Å². The first kappa shape index (κ1) is 18.7. The van der Waals surface area contributed by atoms with E-state index in [0.29, 0.717) is 39.5 Å². The van der Waals surface area contributed by atoms with E-state index in [1.165, 1.54) is 18.9 Å². The van der Waals surface area contributed by atoms with Gasteiger partial charge in [-0.2, -0.15) is 11.8 Å². The Morgan fingerprint density at radius 1 is 1.19 bits per heavy atom. The maximum atomic E-state index is 14.4. The van der Waals surface area contributed by atoms with Crippen LogP contribution in [0.4, 0.5) is 10.1 Å². The molecular weight excluding hydrogens is 365 g/mol. The molecule has 2 saturated carbocycles. The smallest absolute Gasteiger partial charge is 0.258 e. The van der Waals surface area contributed by atoms with Gasteiger partial charge < -0.3 is 15.4 Å². The third-order valence-electron chi connectivity index (χ3n) is 5.66. The number of hydrogen-bond acceptors (Lipinski definition) is 5. The van der Waals surface area contributed by atoms with Crippen molar-refractivity contribution in [3.05, 3.63) is 34.1 Å². The second-order valence-corrected chi connectivity index (χ2v) is 9.02. The molecule has 0 radical (unpaired) electrons. The molecule has 146 valence electrons. The summed E-state index contributed by atoms with van der Waals surface area (Å²) in [5.41, 5.74) is 0.684. The highest BCUT2D eigenvalue weighted by Crippen LogP contribution is 2.30. The number of H-pyrrole nitrogens is 1. The molecule has 0 atom stereocenters. The van der Waals surface area contributed by atoms with Crippen LogP contribution in [0.1, 0.15) is 57.2 Å². The zero-order valence-corrected chi connectivity index (χ0v) is 16.2. The van der Waals surface area contributed by atoms with Crippen molar-refractivity contribution in [1.29, 1.82) is 0 Å². The van der Waals surface area contributed by atoms with Crippen LogP contribution >= 0.6 is 11.8 Å². The number of thioether (sulfide) groups is 1. The summed E-state index contributed by atoms with van der Waals surface area (Å²) in [6.07, 6.45) is 7.95. The molecule has 0 saturated heterocycles. The Hall–Kier alpha value is -1.60. The number of nitrogens with one attached hydrogen (secondary N) is 2. The first-order chi connectivity index (χ1) is 13.1. The summed E-state index contributed by atoms with van der Waals surface area (Å²) in [6.45, 7) is 0. The highest BCUT2D eigenvalue weighted by molar-refractivity contribution is 7.99. The van der Waals surface area contributed by atoms with Crippen LogP contribution in [0.3, 0.4) is 0 Å². The van der Waals surface area contributed by atoms with Crippen LogP contribution in [-0.4, -0.2) is 32.5 Å². The average molecular weight is 392 g/mol. The molecule has 4 rings (SSSR count). The van der Waals surface area contributed by atoms with Crippen molar-refractivity contribution in [2.75, 3.05) is 5.32 Å². The number of aliphatic hydroxyl groups excluding tert-OH is 1. The molecule has 2 aromatic rings. The Morgan fingerprint density at radius 2 is 1.93 bits per heavy atom. The summed E-state index contributed by atoms with van der Waals surface area (Å²) in [4.78, 5) is 19.8. The minimum Gasteiger partial charge on any atom is -0.393 e. The summed E-state index contributed by atoms with van der Waals surface area (Å²) < 4.78 is 14.4. The van der Waals surface area contributed by atoms with Gasteiger partial charge in [-0.25, -0.2) is 9.37 Å². The molecule has 7 heteroatoms. The van der Waals surface area contributed by atoms with Gasteiger partial charge in [-0.15, -0.1) is 0 Å². The number of hydrogen-bond donors (Lipinski definition) is 3. The summed E-state index contributed by atoms with van der Waals surface area (Å²) in [5.74, 6) is 0.848. The molecule has 27 heavy (non-hydrogen) atoms. The molecule has 1 aromatic carbocycles. The number of fused-ring (bicyclic) bond motifs is 1. The van der Waals surface area contributed by atoms with Gasteiger partial charge in [0, 0.05) is 11.3 Å². The van der Waals surface area contributed by atoms with Crippen LogP contribution < -0.4 is 10.9 Å². The highest BCUT2D eigenvalue weighted by atomic mass is 32.2. The Bertz CT molecular complexity index is 858. The number of rotatable bonds is 5. The number of aliphatic hydroxyl groups is 1. The van der Waals surface area contributed by atoms with Gasteiger partial charge in [-0.05, 0) is 50.7 Å². The number of aromatic amines is 1. The van der Waals surface area contributed by atoms with Gasteiger partial charge in [-0.1, -0.05) is 12.8 Å². The van der Waals surface area contributed by atoms with Crippen LogP contribution in [0.15, 0.2) is 16.9 Å². The molecule has 2 fully saturated rings. The normalized spacial score (nSPS) is 23.8. The van der Waals surface area contributed by atoms with Crippen LogP contribution in [0.2, 0.25) is 0 Å². The number of anilines is 1. The van der Waals surface area contributed by atoms with E-state index in [0.717, 1.165) is 38.5 Å². The summed E-state index contributed by atoms with van der Waals surface area (Å²) in [7, 11) is 0. The Kier molecular flexibility index (Phi) is 5.68. The van der Waals surface area contributed by atoms with Crippen molar-refractivity contribution in [3.8, 4) is 0 Å². The zero-order valence-electron chi connectivity index (χ0n) is 15.3. The molecule has 0 aliphatic heterocycles. The van der Waals surface area contributed by atoms with E-state index in [9.17, 15) is 14.3 Å². The number of nitrogens with zero attached hydrogens (tertiary/aromatic N) is 1. The molecule has 0 bridgehead atoms. The lowest BCUT2D eigenvalue weighted by atomic mass is 9.97. The van der Waals surface area contributed by atoms with E-state index in [2.05, 4.69) is 15.3 Å². The van der Waals surface area contributed by atoms with Gasteiger partial charge in [0.2, 0.25) is 0 Å². The Labute approximate surface area is 162 Å². The first-order valence-corrected chi connectivity index (χ1v) is 10.9. The lowest BCUT2D eigenvalue weighted by molar-refractivity contribution is 0.132. The second-order valence-electron chi connectivity index (χ2n) is 7.73. The molecule has 1 aromatic heterocycles. The van der Waals surface area contributed by atoms with E-state index < -0.39 is 5.82 Å². The molecule has 1 heterocycles. The predicted molar refractivity (Wildman–Crippen MR) is 108 cm³/mol. The standard InChI is InChI=1S/C20H26FN3O2S/c21-16-9-15-17(10-18(16)22-12-3-1-2-4-12)23-19(24-20(15)26)11-27-14-7-5-13(25)6-8-14/h9-10,12-14,22,25H,1-8,11H2,(H,23,24,26). The third kappa shape index (κ3) is 4.46. The average Bonchev–Trinajstić information content (AvgIpc) is 3.16. The molecule has 0 unspecified atom stereocenters. The maximum absolute atomic E-state index is 14.4. The van der Waals surface area contributed by atoms with Crippen molar-refractivity contribution in [2.45, 2.75) is 74.5 Å². The largest absolute Gasteiger partial charge is 0.393 e. The Balaban J connectivity index is 1.52. The van der Waals surface area contributed by atoms with Crippen LogP contribution in [0.5, 0.6) is 0 Å². The van der Waals surface area contributed by atoms with E-state index in [-0.39, 0.29) is 11.7 Å². The minimum atomic E-state index is -0.399. The Morgan fingerprint density at radius 3 is 2.67 bits per heavy atom. The second kappa shape index (κ2) is 8.19. The molecule has 2 aliphatic carbocycles. The van der Waals surface area contributed by atoms with Gasteiger partial charge in [0.15, 0.2) is 0 Å². The molecule has 2 aliphatic rings. The highest BCUT2D eigenvalue weighted by Gasteiger charge is 2.20. The van der Waals surface area contributed by atoms with Crippen molar-refractivity contribution in [2.24, 2.45) is 0 Å². The molecule has 5 nitrogen and oxygen atoms in total. The van der Waals surface area contributed by atoms with Gasteiger partial charge >= 0.3 is 0 Å². The summed E-state index contributed by atoms with van der Waals surface area (Å²) >= 11 is 1.77. The fraction of sp³-hybridized carbons (Fsp3) is 0.600. The maximum Gasteiger partial charge on any atom is 0.258 e. The first-order valence-electron chi connectivity index (χ1n) is 9.87. The van der Waals surface area contributed by atoms with Crippen molar-refractivity contribution in [1.82, 2.24) is 9.97 Å². The third-order valence-corrected chi connectivity index (χ3v) is 7.04. The quantitative estimate of drug-likeness (QED) is 0.719. The summed E-state index contributed by atoms with van der Waals surface area (Å²) in [5, 5.41) is 13.7. The van der Waals surface area contributed by atoms with Crippen LogP contribution in [0.25, 0.3) is 10.9 Å². The summed E-state index contributed by atoms with van der Waals surface area (Å²) in [6, 6.07) is 3.26. The monoisotopic (exact) mass is 391 g/mol. The molecule has 3 N–H and O–H groups in total. The predicted octanol–water partition coefficient (Wildman–Crippen LogP) is 3.95. The van der Waals surface area contributed by atoms with Gasteiger partial charge in [0.25, 0.3) is 5.56 Å². The van der Waals surface area contributed by atoms with E-state index >= 15 is 0 Å². The van der Waals surface area contributed by atoms with Crippen LogP contribution in [0, 0.1) is 5.82 Å².